The molecule has 1 aromatic heterocycles. The second-order valence-electron chi connectivity index (χ2n) is 6.62. The standard InChI is InChI=1S/C18H25N3/c1-5-21-14-15(13-20-21)12-19-17(11-18(2,3)4)16-9-7-6-8-10-16/h5-10,13-14,17,19H,1,11-12H2,2-4H3. The molecule has 1 atom stereocenters. The van der Waals surface area contributed by atoms with Crippen molar-refractivity contribution >= 4 is 6.20 Å². The van der Waals surface area contributed by atoms with Crippen molar-refractivity contribution in [3.63, 3.8) is 0 Å². The number of benzene rings is 1. The van der Waals surface area contributed by atoms with E-state index < -0.39 is 0 Å². The van der Waals surface area contributed by atoms with Crippen LogP contribution in [-0.4, -0.2) is 9.78 Å². The molecule has 21 heavy (non-hydrogen) atoms. The van der Waals surface area contributed by atoms with Crippen LogP contribution in [0.15, 0.2) is 49.3 Å². The van der Waals surface area contributed by atoms with Crippen LogP contribution >= 0.6 is 0 Å². The zero-order valence-electron chi connectivity index (χ0n) is 13.2. The molecule has 0 saturated carbocycles. The zero-order valence-corrected chi connectivity index (χ0v) is 13.2. The van der Waals surface area contributed by atoms with Gasteiger partial charge < -0.3 is 5.32 Å². The number of hydrogen-bond acceptors (Lipinski definition) is 2. The SMILES string of the molecule is C=Cn1cc(CNC(CC(C)(C)C)c2ccccc2)cn1. The summed E-state index contributed by atoms with van der Waals surface area (Å²) >= 11 is 0. The highest BCUT2D eigenvalue weighted by molar-refractivity contribution is 5.21. The van der Waals surface area contributed by atoms with E-state index in [0.29, 0.717) is 6.04 Å². The summed E-state index contributed by atoms with van der Waals surface area (Å²) in [5.41, 5.74) is 2.78. The highest BCUT2D eigenvalue weighted by Crippen LogP contribution is 2.29. The van der Waals surface area contributed by atoms with Gasteiger partial charge in [-0.2, -0.15) is 5.10 Å². The summed E-state index contributed by atoms with van der Waals surface area (Å²) in [6.45, 7) is 11.4. The Morgan fingerprint density at radius 3 is 2.57 bits per heavy atom. The van der Waals surface area contributed by atoms with Crippen molar-refractivity contribution in [1.29, 1.82) is 0 Å². The number of hydrogen-bond donors (Lipinski definition) is 1. The third-order valence-corrected chi connectivity index (χ3v) is 3.41. The molecule has 0 aliphatic rings. The summed E-state index contributed by atoms with van der Waals surface area (Å²) in [6.07, 6.45) is 6.67. The van der Waals surface area contributed by atoms with Gasteiger partial charge in [-0.15, -0.1) is 0 Å². The first-order chi connectivity index (χ1) is 9.98. The molecule has 0 aliphatic carbocycles. The maximum atomic E-state index is 4.22. The van der Waals surface area contributed by atoms with Gasteiger partial charge >= 0.3 is 0 Å². The average molecular weight is 283 g/mol. The molecule has 0 radical (unpaired) electrons. The van der Waals surface area contributed by atoms with E-state index in [1.807, 2.05) is 12.4 Å². The highest BCUT2D eigenvalue weighted by atomic mass is 15.2. The molecule has 0 aliphatic heterocycles. The topological polar surface area (TPSA) is 29.9 Å². The van der Waals surface area contributed by atoms with Crippen molar-refractivity contribution < 1.29 is 0 Å². The molecule has 112 valence electrons. The number of rotatable bonds is 6. The van der Waals surface area contributed by atoms with Crippen molar-refractivity contribution in [3.05, 3.63) is 60.4 Å². The fourth-order valence-electron chi connectivity index (χ4n) is 2.42. The van der Waals surface area contributed by atoms with Gasteiger partial charge in [-0.25, -0.2) is 4.68 Å². The Bertz CT molecular complexity index is 564. The van der Waals surface area contributed by atoms with Crippen LogP contribution in [0.25, 0.3) is 6.20 Å². The van der Waals surface area contributed by atoms with E-state index in [-0.39, 0.29) is 5.41 Å². The maximum absolute atomic E-state index is 4.22. The lowest BCUT2D eigenvalue weighted by Gasteiger charge is -2.27. The third kappa shape index (κ3) is 4.87. The van der Waals surface area contributed by atoms with Gasteiger partial charge in [-0.1, -0.05) is 57.7 Å². The molecule has 0 fully saturated rings. The molecule has 1 N–H and O–H groups in total. The molecule has 1 aromatic carbocycles. The molecule has 3 heteroatoms. The fraction of sp³-hybridized carbons (Fsp3) is 0.389. The van der Waals surface area contributed by atoms with Gasteiger partial charge in [0.25, 0.3) is 0 Å². The van der Waals surface area contributed by atoms with Gasteiger partial charge in [-0.3, -0.25) is 0 Å². The average Bonchev–Trinajstić information content (AvgIpc) is 2.91. The summed E-state index contributed by atoms with van der Waals surface area (Å²) in [7, 11) is 0. The molecule has 2 rings (SSSR count). The molecule has 0 spiro atoms. The van der Waals surface area contributed by atoms with Crippen molar-refractivity contribution in [3.8, 4) is 0 Å². The van der Waals surface area contributed by atoms with Gasteiger partial charge in [0.2, 0.25) is 0 Å². The van der Waals surface area contributed by atoms with Gasteiger partial charge in [0.15, 0.2) is 0 Å². The number of nitrogens with zero attached hydrogens (tertiary/aromatic N) is 2. The second kappa shape index (κ2) is 6.72. The van der Waals surface area contributed by atoms with Gasteiger partial charge in [0, 0.05) is 30.5 Å². The normalized spacial score (nSPS) is 13.1. The molecule has 0 saturated heterocycles. The first kappa shape index (κ1) is 15.5. The highest BCUT2D eigenvalue weighted by Gasteiger charge is 2.19. The molecule has 0 amide bonds. The number of nitrogens with one attached hydrogen (secondary N) is 1. The predicted octanol–water partition coefficient (Wildman–Crippen LogP) is 4.25. The third-order valence-electron chi connectivity index (χ3n) is 3.41. The van der Waals surface area contributed by atoms with Crippen molar-refractivity contribution in [2.24, 2.45) is 5.41 Å². The zero-order chi connectivity index (χ0) is 15.3. The quantitative estimate of drug-likeness (QED) is 0.859. The van der Waals surface area contributed by atoms with E-state index in [4.69, 9.17) is 0 Å². The van der Waals surface area contributed by atoms with Gasteiger partial charge in [-0.05, 0) is 17.4 Å². The Labute approximate surface area is 127 Å². The van der Waals surface area contributed by atoms with E-state index in [9.17, 15) is 0 Å². The maximum Gasteiger partial charge on any atom is 0.0538 e. The monoisotopic (exact) mass is 283 g/mol. The lowest BCUT2D eigenvalue weighted by atomic mass is 9.85. The van der Waals surface area contributed by atoms with Crippen molar-refractivity contribution in [2.45, 2.75) is 39.8 Å². The van der Waals surface area contributed by atoms with Crippen LogP contribution < -0.4 is 5.32 Å². The van der Waals surface area contributed by atoms with Gasteiger partial charge in [0.05, 0.1) is 6.20 Å². The molecular formula is C18H25N3. The van der Waals surface area contributed by atoms with Crippen LogP contribution in [-0.2, 0) is 6.54 Å². The minimum atomic E-state index is 0.277. The van der Waals surface area contributed by atoms with E-state index in [1.54, 1.807) is 10.9 Å². The van der Waals surface area contributed by atoms with Crippen LogP contribution in [0.3, 0.4) is 0 Å². The Kier molecular flexibility index (Phi) is 4.97. The van der Waals surface area contributed by atoms with Crippen LogP contribution in [0.4, 0.5) is 0 Å². The van der Waals surface area contributed by atoms with E-state index in [2.05, 4.69) is 68.1 Å². The molecular weight excluding hydrogens is 258 g/mol. The molecule has 1 heterocycles. The molecule has 0 bridgehead atoms. The smallest absolute Gasteiger partial charge is 0.0538 e. The Morgan fingerprint density at radius 1 is 1.29 bits per heavy atom. The van der Waals surface area contributed by atoms with Gasteiger partial charge in [0.1, 0.15) is 0 Å². The van der Waals surface area contributed by atoms with Crippen LogP contribution in [0, 0.1) is 5.41 Å². The first-order valence-electron chi connectivity index (χ1n) is 7.42. The van der Waals surface area contributed by atoms with Crippen LogP contribution in [0.2, 0.25) is 0 Å². The van der Waals surface area contributed by atoms with Crippen molar-refractivity contribution in [1.82, 2.24) is 15.1 Å². The van der Waals surface area contributed by atoms with E-state index in [1.165, 1.54) is 11.1 Å². The predicted molar refractivity (Wildman–Crippen MR) is 88.7 cm³/mol. The summed E-state index contributed by atoms with van der Waals surface area (Å²) in [5, 5.41) is 7.88. The molecule has 3 nitrogen and oxygen atoms in total. The minimum Gasteiger partial charge on any atom is -0.306 e. The molecule has 2 aromatic rings. The van der Waals surface area contributed by atoms with Crippen molar-refractivity contribution in [2.75, 3.05) is 0 Å². The van der Waals surface area contributed by atoms with E-state index in [0.717, 1.165) is 13.0 Å². The largest absolute Gasteiger partial charge is 0.306 e. The van der Waals surface area contributed by atoms with Crippen LogP contribution in [0.5, 0.6) is 0 Å². The number of aromatic nitrogens is 2. The second-order valence-corrected chi connectivity index (χ2v) is 6.62. The summed E-state index contributed by atoms with van der Waals surface area (Å²) in [5.74, 6) is 0. The Morgan fingerprint density at radius 2 is 2.00 bits per heavy atom. The molecule has 1 unspecified atom stereocenters. The Hall–Kier alpha value is -1.87. The fourth-order valence-corrected chi connectivity index (χ4v) is 2.42. The summed E-state index contributed by atoms with van der Waals surface area (Å²) in [6, 6.07) is 11.0. The lowest BCUT2D eigenvalue weighted by molar-refractivity contribution is 0.310. The first-order valence-corrected chi connectivity index (χ1v) is 7.42. The minimum absolute atomic E-state index is 0.277. The van der Waals surface area contributed by atoms with Crippen LogP contribution in [0.1, 0.15) is 44.4 Å². The summed E-state index contributed by atoms with van der Waals surface area (Å²) in [4.78, 5) is 0. The Balaban J connectivity index is 2.07. The van der Waals surface area contributed by atoms with E-state index >= 15 is 0 Å². The summed E-state index contributed by atoms with van der Waals surface area (Å²) < 4.78 is 1.73. The lowest BCUT2D eigenvalue weighted by Crippen LogP contribution is -2.25.